The number of aromatic nitrogens is 4. The Labute approximate surface area is 160 Å². The van der Waals surface area contributed by atoms with Gasteiger partial charge < -0.3 is 9.80 Å². The van der Waals surface area contributed by atoms with Crippen LogP contribution in [-0.2, 0) is 17.9 Å². The summed E-state index contributed by atoms with van der Waals surface area (Å²) in [6.07, 6.45) is 3.94. The second-order valence-corrected chi connectivity index (χ2v) is 7.27. The minimum Gasteiger partial charge on any atom is -0.370 e. The van der Waals surface area contributed by atoms with Crippen molar-refractivity contribution in [1.29, 1.82) is 0 Å². The van der Waals surface area contributed by atoms with Gasteiger partial charge >= 0.3 is 0 Å². The van der Waals surface area contributed by atoms with Gasteiger partial charge in [0.05, 0.1) is 23.6 Å². The third-order valence-corrected chi connectivity index (χ3v) is 5.33. The van der Waals surface area contributed by atoms with E-state index in [2.05, 4.69) is 18.7 Å². The van der Waals surface area contributed by atoms with E-state index < -0.39 is 0 Å². The van der Waals surface area contributed by atoms with Crippen LogP contribution < -0.4 is 10.5 Å². The Hall–Kier alpha value is -2.81. The van der Waals surface area contributed by atoms with Gasteiger partial charge in [-0.05, 0) is 30.5 Å². The Morgan fingerprint density at radius 3 is 2.74 bits per heavy atom. The number of nitrogens with zero attached hydrogens (tertiary/aromatic N) is 6. The Kier molecular flexibility index (Phi) is 4.85. The Balaban J connectivity index is 1.42. The van der Waals surface area contributed by atoms with Crippen molar-refractivity contribution in [3.63, 3.8) is 0 Å². The average Bonchev–Trinajstić information content (AvgIpc) is 3.34. The number of fused-ring (bicyclic) bond motifs is 1. The molecule has 0 spiro atoms. The maximum Gasteiger partial charge on any atom is 0.269 e. The highest BCUT2D eigenvalue weighted by Crippen LogP contribution is 2.17. The SMILES string of the molecule is CN(Cc1ccc2nsnc2c1)C(=O)Cn1ncc(N2CCCC2)cc1=O. The number of hydrogen-bond donors (Lipinski definition) is 0. The van der Waals surface area contributed by atoms with Crippen LogP contribution in [0.3, 0.4) is 0 Å². The first kappa shape index (κ1) is 17.6. The van der Waals surface area contributed by atoms with E-state index in [0.29, 0.717) is 6.54 Å². The van der Waals surface area contributed by atoms with Gasteiger partial charge in [-0.25, -0.2) is 4.68 Å². The molecule has 0 aliphatic carbocycles. The number of anilines is 1. The third kappa shape index (κ3) is 3.82. The lowest BCUT2D eigenvalue weighted by Crippen LogP contribution is -2.35. The van der Waals surface area contributed by atoms with E-state index in [0.717, 1.165) is 48.2 Å². The number of carbonyl (C=O) groups excluding carboxylic acids is 1. The van der Waals surface area contributed by atoms with Crippen molar-refractivity contribution in [1.82, 2.24) is 23.4 Å². The molecule has 3 aromatic rings. The number of hydrogen-bond acceptors (Lipinski definition) is 7. The molecular formula is C18H20N6O2S. The Morgan fingerprint density at radius 1 is 1.19 bits per heavy atom. The van der Waals surface area contributed by atoms with Crippen molar-refractivity contribution < 1.29 is 4.79 Å². The van der Waals surface area contributed by atoms with E-state index in [1.54, 1.807) is 24.2 Å². The summed E-state index contributed by atoms with van der Waals surface area (Å²) in [6.45, 7) is 2.26. The molecule has 8 nitrogen and oxygen atoms in total. The maximum absolute atomic E-state index is 12.5. The van der Waals surface area contributed by atoms with Gasteiger partial charge in [-0.3, -0.25) is 9.59 Å². The first-order chi connectivity index (χ1) is 13.1. The molecule has 0 saturated carbocycles. The fourth-order valence-electron chi connectivity index (χ4n) is 3.23. The molecule has 0 bridgehead atoms. The van der Waals surface area contributed by atoms with Crippen LogP contribution in [0.25, 0.3) is 11.0 Å². The lowest BCUT2D eigenvalue weighted by molar-refractivity contribution is -0.131. The lowest BCUT2D eigenvalue weighted by Gasteiger charge is -2.19. The van der Waals surface area contributed by atoms with E-state index in [9.17, 15) is 9.59 Å². The van der Waals surface area contributed by atoms with Gasteiger partial charge in [0.25, 0.3) is 5.56 Å². The summed E-state index contributed by atoms with van der Waals surface area (Å²) in [4.78, 5) is 28.6. The molecule has 0 atom stereocenters. The zero-order valence-corrected chi connectivity index (χ0v) is 15.9. The van der Waals surface area contributed by atoms with E-state index in [1.807, 2.05) is 18.2 Å². The fourth-order valence-corrected chi connectivity index (χ4v) is 3.75. The third-order valence-electron chi connectivity index (χ3n) is 4.78. The van der Waals surface area contributed by atoms with Gasteiger partial charge in [-0.2, -0.15) is 13.8 Å². The van der Waals surface area contributed by atoms with E-state index >= 15 is 0 Å². The zero-order chi connectivity index (χ0) is 18.8. The minimum absolute atomic E-state index is 0.0733. The minimum atomic E-state index is -0.254. The van der Waals surface area contributed by atoms with Crippen molar-refractivity contribution in [3.8, 4) is 0 Å². The molecular weight excluding hydrogens is 364 g/mol. The predicted octanol–water partition coefficient (Wildman–Crippen LogP) is 1.51. The van der Waals surface area contributed by atoms with Gasteiger partial charge in [0.1, 0.15) is 17.6 Å². The monoisotopic (exact) mass is 384 g/mol. The predicted molar refractivity (Wildman–Crippen MR) is 104 cm³/mol. The van der Waals surface area contributed by atoms with Crippen LogP contribution in [-0.4, -0.2) is 49.5 Å². The Bertz CT molecular complexity index is 1020. The number of likely N-dealkylation sites (N-methyl/N-ethyl adjacent to an activating group) is 1. The summed E-state index contributed by atoms with van der Waals surface area (Å²) in [6, 6.07) is 7.32. The van der Waals surface area contributed by atoms with Crippen LogP contribution in [0.15, 0.2) is 35.3 Å². The van der Waals surface area contributed by atoms with Crippen molar-refractivity contribution in [2.45, 2.75) is 25.9 Å². The molecule has 1 aliphatic heterocycles. The summed E-state index contributed by atoms with van der Waals surface area (Å²) in [5, 5.41) is 4.18. The van der Waals surface area contributed by atoms with Crippen LogP contribution >= 0.6 is 11.7 Å². The van der Waals surface area contributed by atoms with E-state index in [-0.39, 0.29) is 18.0 Å². The standard InChI is InChI=1S/C18H20N6O2S/c1-22(11-13-4-5-15-16(8-13)21-27-20-15)18(26)12-24-17(25)9-14(10-19-24)23-6-2-3-7-23/h4-5,8-10H,2-3,6-7,11-12H2,1H3. The van der Waals surface area contributed by atoms with Crippen LogP contribution in [0.5, 0.6) is 0 Å². The quantitative estimate of drug-likeness (QED) is 0.663. The summed E-state index contributed by atoms with van der Waals surface area (Å²) in [7, 11) is 1.72. The van der Waals surface area contributed by atoms with Crippen LogP contribution in [0.4, 0.5) is 5.69 Å². The smallest absolute Gasteiger partial charge is 0.269 e. The van der Waals surface area contributed by atoms with Gasteiger partial charge in [-0.15, -0.1) is 0 Å². The largest absolute Gasteiger partial charge is 0.370 e. The normalized spacial score (nSPS) is 14.0. The topological polar surface area (TPSA) is 84.2 Å². The van der Waals surface area contributed by atoms with Crippen molar-refractivity contribution in [2.75, 3.05) is 25.0 Å². The molecule has 27 heavy (non-hydrogen) atoms. The lowest BCUT2D eigenvalue weighted by atomic mass is 10.2. The van der Waals surface area contributed by atoms with Crippen LogP contribution in [0.1, 0.15) is 18.4 Å². The molecule has 1 aromatic carbocycles. The molecule has 0 radical (unpaired) electrons. The highest BCUT2D eigenvalue weighted by atomic mass is 32.1. The summed E-state index contributed by atoms with van der Waals surface area (Å²) >= 11 is 1.17. The molecule has 0 N–H and O–H groups in total. The molecule has 0 unspecified atom stereocenters. The van der Waals surface area contributed by atoms with Crippen LogP contribution in [0, 0.1) is 0 Å². The zero-order valence-electron chi connectivity index (χ0n) is 15.0. The van der Waals surface area contributed by atoms with E-state index in [1.165, 1.54) is 16.4 Å². The molecule has 2 aromatic heterocycles. The van der Waals surface area contributed by atoms with Gasteiger partial charge in [0, 0.05) is 32.7 Å². The number of rotatable bonds is 5. The molecule has 1 amide bonds. The summed E-state index contributed by atoms with van der Waals surface area (Å²) in [5.74, 6) is -0.171. The summed E-state index contributed by atoms with van der Waals surface area (Å²) in [5.41, 5.74) is 3.23. The number of amides is 1. The highest BCUT2D eigenvalue weighted by molar-refractivity contribution is 7.00. The fraction of sp³-hybridized carbons (Fsp3) is 0.389. The van der Waals surface area contributed by atoms with Crippen molar-refractivity contribution >= 4 is 34.4 Å². The Morgan fingerprint density at radius 2 is 1.96 bits per heavy atom. The molecule has 1 aliphatic rings. The molecule has 1 fully saturated rings. The molecule has 140 valence electrons. The van der Waals surface area contributed by atoms with Gasteiger partial charge in [0.2, 0.25) is 5.91 Å². The molecule has 9 heteroatoms. The second-order valence-electron chi connectivity index (χ2n) is 6.74. The van der Waals surface area contributed by atoms with Crippen molar-refractivity contribution in [2.24, 2.45) is 0 Å². The number of carbonyl (C=O) groups is 1. The number of benzene rings is 1. The molecule has 4 rings (SSSR count). The van der Waals surface area contributed by atoms with Crippen molar-refractivity contribution in [3.05, 3.63) is 46.4 Å². The average molecular weight is 384 g/mol. The first-order valence-corrected chi connectivity index (χ1v) is 9.60. The van der Waals surface area contributed by atoms with Gasteiger partial charge in [-0.1, -0.05) is 6.07 Å². The highest BCUT2D eigenvalue weighted by Gasteiger charge is 2.16. The van der Waals surface area contributed by atoms with Gasteiger partial charge in [0.15, 0.2) is 0 Å². The van der Waals surface area contributed by atoms with Crippen LogP contribution in [0.2, 0.25) is 0 Å². The molecule has 1 saturated heterocycles. The molecule has 3 heterocycles. The summed E-state index contributed by atoms with van der Waals surface area (Å²) < 4.78 is 9.61. The maximum atomic E-state index is 12.5. The first-order valence-electron chi connectivity index (χ1n) is 8.87. The van der Waals surface area contributed by atoms with E-state index in [4.69, 9.17) is 0 Å². The second kappa shape index (κ2) is 7.43.